The minimum absolute atomic E-state index is 0.0650. The molecule has 114 valence electrons. The van der Waals surface area contributed by atoms with Crippen LogP contribution in [-0.4, -0.2) is 36.8 Å². The minimum Gasteiger partial charge on any atom is -0.497 e. The molecule has 6 heteroatoms. The topological polar surface area (TPSA) is 87.7 Å². The molecule has 1 fully saturated rings. The lowest BCUT2D eigenvalue weighted by Gasteiger charge is -2.36. The SMILES string of the molecule is COc1cccc(C2CC(NC(=O)NCCC(=O)O)C2)c1. The molecule has 2 rings (SSSR count). The summed E-state index contributed by atoms with van der Waals surface area (Å²) < 4.78 is 5.20. The smallest absolute Gasteiger partial charge is 0.315 e. The first-order chi connectivity index (χ1) is 10.1. The average Bonchev–Trinajstić information content (AvgIpc) is 2.42. The summed E-state index contributed by atoms with van der Waals surface area (Å²) in [4.78, 5) is 21.9. The highest BCUT2D eigenvalue weighted by Crippen LogP contribution is 2.37. The number of aliphatic carboxylic acids is 1. The van der Waals surface area contributed by atoms with Crippen LogP contribution in [0.1, 0.15) is 30.7 Å². The van der Waals surface area contributed by atoms with Crippen LogP contribution in [0.5, 0.6) is 5.75 Å². The van der Waals surface area contributed by atoms with Gasteiger partial charge in [-0.1, -0.05) is 12.1 Å². The van der Waals surface area contributed by atoms with Crippen molar-refractivity contribution < 1.29 is 19.4 Å². The van der Waals surface area contributed by atoms with Crippen molar-refractivity contribution in [1.29, 1.82) is 0 Å². The van der Waals surface area contributed by atoms with E-state index in [1.807, 2.05) is 18.2 Å². The molecule has 0 radical (unpaired) electrons. The average molecular weight is 292 g/mol. The molecule has 0 atom stereocenters. The molecule has 0 saturated heterocycles. The Morgan fingerprint density at radius 2 is 2.14 bits per heavy atom. The van der Waals surface area contributed by atoms with E-state index < -0.39 is 5.97 Å². The van der Waals surface area contributed by atoms with Gasteiger partial charge in [-0.15, -0.1) is 0 Å². The molecule has 1 aliphatic carbocycles. The molecule has 1 saturated carbocycles. The number of hydrogen-bond acceptors (Lipinski definition) is 3. The first-order valence-electron chi connectivity index (χ1n) is 6.98. The van der Waals surface area contributed by atoms with Crippen LogP contribution in [0, 0.1) is 0 Å². The summed E-state index contributed by atoms with van der Waals surface area (Å²) in [5.41, 5.74) is 1.22. The van der Waals surface area contributed by atoms with Gasteiger partial charge in [0.1, 0.15) is 5.75 Å². The molecule has 0 aliphatic heterocycles. The molecule has 1 aromatic carbocycles. The van der Waals surface area contributed by atoms with Crippen LogP contribution in [-0.2, 0) is 4.79 Å². The van der Waals surface area contributed by atoms with E-state index in [9.17, 15) is 9.59 Å². The minimum atomic E-state index is -0.919. The van der Waals surface area contributed by atoms with E-state index in [1.54, 1.807) is 7.11 Å². The van der Waals surface area contributed by atoms with Gasteiger partial charge in [0.25, 0.3) is 0 Å². The number of carbonyl (C=O) groups excluding carboxylic acids is 1. The van der Waals surface area contributed by atoms with Crippen LogP contribution in [0.3, 0.4) is 0 Å². The van der Waals surface area contributed by atoms with E-state index in [4.69, 9.17) is 9.84 Å². The standard InChI is InChI=1S/C15H20N2O4/c1-21-13-4-2-3-10(9-13)11-7-12(8-11)17-15(20)16-6-5-14(18)19/h2-4,9,11-12H,5-8H2,1H3,(H,18,19)(H2,16,17,20). The van der Waals surface area contributed by atoms with E-state index in [-0.39, 0.29) is 25.0 Å². The van der Waals surface area contributed by atoms with Gasteiger partial charge in [-0.2, -0.15) is 0 Å². The van der Waals surface area contributed by atoms with Gasteiger partial charge >= 0.3 is 12.0 Å². The molecule has 6 nitrogen and oxygen atoms in total. The van der Waals surface area contributed by atoms with Crippen LogP contribution in [0.2, 0.25) is 0 Å². The Kier molecular flexibility index (Phi) is 5.03. The largest absolute Gasteiger partial charge is 0.497 e. The Morgan fingerprint density at radius 3 is 2.81 bits per heavy atom. The summed E-state index contributed by atoms with van der Waals surface area (Å²) in [6.45, 7) is 0.146. The molecule has 1 aromatic rings. The third-order valence-corrected chi connectivity index (χ3v) is 3.66. The molecule has 21 heavy (non-hydrogen) atoms. The summed E-state index contributed by atoms with van der Waals surface area (Å²) >= 11 is 0. The van der Waals surface area contributed by atoms with Crippen LogP contribution in [0.25, 0.3) is 0 Å². The lowest BCUT2D eigenvalue weighted by atomic mass is 9.76. The van der Waals surface area contributed by atoms with Gasteiger partial charge < -0.3 is 20.5 Å². The molecular formula is C15H20N2O4. The number of carbonyl (C=O) groups is 2. The Balaban J connectivity index is 1.71. The quantitative estimate of drug-likeness (QED) is 0.745. The van der Waals surface area contributed by atoms with Gasteiger partial charge in [-0.3, -0.25) is 4.79 Å². The Bertz CT molecular complexity index is 512. The Hall–Kier alpha value is -2.24. The van der Waals surface area contributed by atoms with Crippen LogP contribution < -0.4 is 15.4 Å². The molecular weight excluding hydrogens is 272 g/mol. The van der Waals surface area contributed by atoms with Gasteiger partial charge in [0.15, 0.2) is 0 Å². The van der Waals surface area contributed by atoms with Crippen molar-refractivity contribution in [2.24, 2.45) is 0 Å². The molecule has 3 N–H and O–H groups in total. The number of carboxylic acid groups (broad SMARTS) is 1. The van der Waals surface area contributed by atoms with Gasteiger partial charge in [0.05, 0.1) is 13.5 Å². The number of urea groups is 1. The van der Waals surface area contributed by atoms with E-state index in [1.165, 1.54) is 5.56 Å². The maximum absolute atomic E-state index is 11.5. The molecule has 2 amide bonds. The van der Waals surface area contributed by atoms with Crippen LogP contribution >= 0.6 is 0 Å². The third kappa shape index (κ3) is 4.37. The summed E-state index contributed by atoms with van der Waals surface area (Å²) in [5.74, 6) is 0.358. The number of hydrogen-bond donors (Lipinski definition) is 3. The van der Waals surface area contributed by atoms with Crippen LogP contribution in [0.15, 0.2) is 24.3 Å². The van der Waals surface area contributed by atoms with Gasteiger partial charge in [-0.25, -0.2) is 4.79 Å². The first kappa shape index (κ1) is 15.2. The van der Waals surface area contributed by atoms with E-state index in [0.29, 0.717) is 5.92 Å². The maximum atomic E-state index is 11.5. The highest BCUT2D eigenvalue weighted by atomic mass is 16.5. The number of nitrogens with one attached hydrogen (secondary N) is 2. The van der Waals surface area contributed by atoms with E-state index in [2.05, 4.69) is 16.7 Å². The van der Waals surface area contributed by atoms with Crippen molar-refractivity contribution in [3.8, 4) is 5.75 Å². The van der Waals surface area contributed by atoms with Crippen molar-refractivity contribution >= 4 is 12.0 Å². The molecule has 0 unspecified atom stereocenters. The zero-order valence-electron chi connectivity index (χ0n) is 12.0. The zero-order chi connectivity index (χ0) is 15.2. The number of rotatable bonds is 6. The fraction of sp³-hybridized carbons (Fsp3) is 0.467. The molecule has 0 aromatic heterocycles. The van der Waals surface area contributed by atoms with Gasteiger partial charge in [-0.05, 0) is 36.5 Å². The number of amides is 2. The van der Waals surface area contributed by atoms with Gasteiger partial charge in [0, 0.05) is 12.6 Å². The van der Waals surface area contributed by atoms with Crippen molar-refractivity contribution in [2.45, 2.75) is 31.2 Å². The first-order valence-corrected chi connectivity index (χ1v) is 6.98. The summed E-state index contributed by atoms with van der Waals surface area (Å²) in [7, 11) is 1.64. The van der Waals surface area contributed by atoms with Crippen molar-refractivity contribution in [2.75, 3.05) is 13.7 Å². The van der Waals surface area contributed by atoms with E-state index >= 15 is 0 Å². The highest BCUT2D eigenvalue weighted by molar-refractivity contribution is 5.75. The number of ether oxygens (including phenoxy) is 1. The summed E-state index contributed by atoms with van der Waals surface area (Å²) in [6, 6.07) is 7.81. The summed E-state index contributed by atoms with van der Waals surface area (Å²) in [6.07, 6.45) is 1.71. The fourth-order valence-electron chi connectivity index (χ4n) is 2.42. The van der Waals surface area contributed by atoms with Gasteiger partial charge in [0.2, 0.25) is 0 Å². The zero-order valence-corrected chi connectivity index (χ0v) is 12.0. The van der Waals surface area contributed by atoms with E-state index in [0.717, 1.165) is 18.6 Å². The Labute approximate surface area is 123 Å². The predicted molar refractivity (Wildman–Crippen MR) is 77.5 cm³/mol. The fourth-order valence-corrected chi connectivity index (χ4v) is 2.42. The second-order valence-corrected chi connectivity index (χ2v) is 5.19. The Morgan fingerprint density at radius 1 is 1.38 bits per heavy atom. The number of methoxy groups -OCH3 is 1. The van der Waals surface area contributed by atoms with Crippen molar-refractivity contribution in [3.63, 3.8) is 0 Å². The molecule has 1 aliphatic rings. The normalized spacial score (nSPS) is 20.2. The molecule has 0 spiro atoms. The number of benzene rings is 1. The molecule has 0 bridgehead atoms. The summed E-state index contributed by atoms with van der Waals surface area (Å²) in [5, 5.41) is 13.9. The van der Waals surface area contributed by atoms with Crippen LogP contribution in [0.4, 0.5) is 4.79 Å². The monoisotopic (exact) mass is 292 g/mol. The maximum Gasteiger partial charge on any atom is 0.315 e. The van der Waals surface area contributed by atoms with Crippen molar-refractivity contribution in [3.05, 3.63) is 29.8 Å². The van der Waals surface area contributed by atoms with Crippen molar-refractivity contribution in [1.82, 2.24) is 10.6 Å². The predicted octanol–water partition coefficient (Wildman–Crippen LogP) is 1.72. The second-order valence-electron chi connectivity index (χ2n) is 5.19. The number of carboxylic acids is 1. The lowest BCUT2D eigenvalue weighted by molar-refractivity contribution is -0.136. The third-order valence-electron chi connectivity index (χ3n) is 3.66. The molecule has 0 heterocycles. The highest BCUT2D eigenvalue weighted by Gasteiger charge is 2.31. The lowest BCUT2D eigenvalue weighted by Crippen LogP contribution is -2.48. The second kappa shape index (κ2) is 6.97.